The number of nitrogens with one attached hydrogen (secondary N) is 1. The minimum atomic E-state index is -1.04. The highest BCUT2D eigenvalue weighted by Crippen LogP contribution is 2.29. The Labute approximate surface area is 86.3 Å². The van der Waals surface area contributed by atoms with E-state index in [1.54, 1.807) is 0 Å². The van der Waals surface area contributed by atoms with Gasteiger partial charge in [0.1, 0.15) is 5.82 Å². The van der Waals surface area contributed by atoms with Crippen LogP contribution in [-0.4, -0.2) is 13.1 Å². The smallest absolute Gasteiger partial charge is 0.165 e. The average Bonchev–Trinajstić information content (AvgIpc) is 2.26. The van der Waals surface area contributed by atoms with Crippen molar-refractivity contribution in [1.82, 2.24) is 5.32 Å². The number of halogens is 3. The van der Waals surface area contributed by atoms with E-state index in [4.69, 9.17) is 0 Å². The molecule has 0 saturated carbocycles. The van der Waals surface area contributed by atoms with Crippen molar-refractivity contribution in [1.29, 1.82) is 0 Å². The molecule has 0 amide bonds. The van der Waals surface area contributed by atoms with Gasteiger partial charge < -0.3 is 5.32 Å². The molecule has 0 aromatic heterocycles. The predicted octanol–water partition coefficient (Wildman–Crippen LogP) is 2.57. The quantitative estimate of drug-likeness (QED) is 0.710. The van der Waals surface area contributed by atoms with Crippen LogP contribution in [-0.2, 0) is 0 Å². The number of hydrogen-bond acceptors (Lipinski definition) is 1. The van der Waals surface area contributed by atoms with Crippen LogP contribution in [0.25, 0.3) is 0 Å². The number of piperidine rings is 1. The normalized spacial score (nSPS) is 21.7. The summed E-state index contributed by atoms with van der Waals surface area (Å²) < 4.78 is 39.7. The van der Waals surface area contributed by atoms with Crippen LogP contribution in [0.1, 0.15) is 24.3 Å². The maximum atomic E-state index is 13.4. The Hall–Kier alpha value is -1.03. The fourth-order valence-corrected chi connectivity index (χ4v) is 2.02. The van der Waals surface area contributed by atoms with Gasteiger partial charge in [-0.3, -0.25) is 0 Å². The van der Waals surface area contributed by atoms with Crippen LogP contribution in [0.3, 0.4) is 0 Å². The summed E-state index contributed by atoms with van der Waals surface area (Å²) in [7, 11) is 0. The first-order valence-electron chi connectivity index (χ1n) is 5.04. The fraction of sp³-hybridized carbons (Fsp3) is 0.455. The molecule has 0 radical (unpaired) electrons. The van der Waals surface area contributed by atoms with Crippen molar-refractivity contribution in [2.75, 3.05) is 13.1 Å². The summed E-state index contributed by atoms with van der Waals surface area (Å²) >= 11 is 0. The Bertz CT molecular complexity index is 359. The molecule has 0 spiro atoms. The first-order chi connectivity index (χ1) is 7.20. The van der Waals surface area contributed by atoms with E-state index < -0.39 is 17.5 Å². The SMILES string of the molecule is Fc1ccc(F)c([C@H]2CCCNC2)c1F. The van der Waals surface area contributed by atoms with Crippen LogP contribution in [0.4, 0.5) is 13.2 Å². The molecule has 1 aliphatic rings. The minimum Gasteiger partial charge on any atom is -0.316 e. The summed E-state index contributed by atoms with van der Waals surface area (Å²) in [6.45, 7) is 1.37. The maximum Gasteiger partial charge on any atom is 0.165 e. The van der Waals surface area contributed by atoms with E-state index in [9.17, 15) is 13.2 Å². The number of hydrogen-bond donors (Lipinski definition) is 1. The Morgan fingerprint density at radius 3 is 2.53 bits per heavy atom. The molecule has 4 heteroatoms. The summed E-state index contributed by atoms with van der Waals surface area (Å²) in [4.78, 5) is 0. The predicted molar refractivity (Wildman–Crippen MR) is 51.2 cm³/mol. The monoisotopic (exact) mass is 215 g/mol. The second kappa shape index (κ2) is 4.23. The van der Waals surface area contributed by atoms with Gasteiger partial charge in [-0.2, -0.15) is 0 Å². The Morgan fingerprint density at radius 2 is 1.87 bits per heavy atom. The molecule has 15 heavy (non-hydrogen) atoms. The molecule has 1 N–H and O–H groups in total. The van der Waals surface area contributed by atoms with Crippen molar-refractivity contribution >= 4 is 0 Å². The Kier molecular flexibility index (Phi) is 2.95. The largest absolute Gasteiger partial charge is 0.316 e. The van der Waals surface area contributed by atoms with Crippen LogP contribution in [0.5, 0.6) is 0 Å². The van der Waals surface area contributed by atoms with E-state index in [-0.39, 0.29) is 11.5 Å². The van der Waals surface area contributed by atoms with Crippen molar-refractivity contribution in [3.05, 3.63) is 35.1 Å². The van der Waals surface area contributed by atoms with E-state index in [2.05, 4.69) is 5.32 Å². The van der Waals surface area contributed by atoms with E-state index >= 15 is 0 Å². The van der Waals surface area contributed by atoms with Gasteiger partial charge in [-0.1, -0.05) is 0 Å². The lowest BCUT2D eigenvalue weighted by molar-refractivity contribution is 0.411. The van der Waals surface area contributed by atoms with Crippen LogP contribution < -0.4 is 5.32 Å². The molecule has 1 aromatic rings. The lowest BCUT2D eigenvalue weighted by Crippen LogP contribution is -2.29. The van der Waals surface area contributed by atoms with Gasteiger partial charge in [0.25, 0.3) is 0 Å². The van der Waals surface area contributed by atoms with Crippen molar-refractivity contribution in [2.24, 2.45) is 0 Å². The van der Waals surface area contributed by atoms with E-state index in [0.717, 1.165) is 25.1 Å². The van der Waals surface area contributed by atoms with Crippen molar-refractivity contribution < 1.29 is 13.2 Å². The van der Waals surface area contributed by atoms with E-state index in [0.29, 0.717) is 13.0 Å². The second-order valence-corrected chi connectivity index (χ2v) is 3.80. The molecule has 1 aliphatic heterocycles. The molecule has 1 nitrogen and oxygen atoms in total. The van der Waals surface area contributed by atoms with Crippen molar-refractivity contribution in [2.45, 2.75) is 18.8 Å². The zero-order valence-electron chi connectivity index (χ0n) is 8.19. The summed E-state index contributed by atoms with van der Waals surface area (Å²) in [5.41, 5.74) is -0.109. The lowest BCUT2D eigenvalue weighted by Gasteiger charge is -2.23. The standard InChI is InChI=1S/C11H12F3N/c12-8-3-4-9(13)11(14)10(8)7-2-1-5-15-6-7/h3-4,7,15H,1-2,5-6H2/t7-/m0/s1. The highest BCUT2D eigenvalue weighted by atomic mass is 19.2. The van der Waals surface area contributed by atoms with Crippen molar-refractivity contribution in [3.8, 4) is 0 Å². The van der Waals surface area contributed by atoms with Crippen molar-refractivity contribution in [3.63, 3.8) is 0 Å². The van der Waals surface area contributed by atoms with E-state index in [1.807, 2.05) is 0 Å². The van der Waals surface area contributed by atoms with Gasteiger partial charge in [-0.05, 0) is 31.5 Å². The highest BCUT2D eigenvalue weighted by Gasteiger charge is 2.24. The third kappa shape index (κ3) is 2.00. The van der Waals surface area contributed by atoms with Crippen LogP contribution in [0.2, 0.25) is 0 Å². The lowest BCUT2D eigenvalue weighted by atomic mass is 9.91. The topological polar surface area (TPSA) is 12.0 Å². The van der Waals surface area contributed by atoms with Gasteiger partial charge in [-0.15, -0.1) is 0 Å². The third-order valence-electron chi connectivity index (χ3n) is 2.78. The average molecular weight is 215 g/mol. The van der Waals surface area contributed by atoms with Gasteiger partial charge in [0.05, 0.1) is 0 Å². The van der Waals surface area contributed by atoms with Crippen LogP contribution >= 0.6 is 0 Å². The summed E-state index contributed by atoms with van der Waals surface area (Å²) in [6.07, 6.45) is 1.56. The van der Waals surface area contributed by atoms with Crippen LogP contribution in [0, 0.1) is 17.5 Å². The molecule has 0 bridgehead atoms. The fourth-order valence-electron chi connectivity index (χ4n) is 2.02. The molecule has 2 rings (SSSR count). The van der Waals surface area contributed by atoms with Gasteiger partial charge in [-0.25, -0.2) is 13.2 Å². The van der Waals surface area contributed by atoms with Gasteiger partial charge >= 0.3 is 0 Å². The molecule has 1 heterocycles. The zero-order chi connectivity index (χ0) is 10.8. The number of rotatable bonds is 1. The summed E-state index contributed by atoms with van der Waals surface area (Å²) in [6, 6.07) is 1.81. The zero-order valence-corrected chi connectivity index (χ0v) is 8.19. The molecule has 1 atom stereocenters. The van der Waals surface area contributed by atoms with Gasteiger partial charge in [0.15, 0.2) is 11.6 Å². The molecular weight excluding hydrogens is 203 g/mol. The molecule has 82 valence electrons. The summed E-state index contributed by atoms with van der Waals surface area (Å²) in [5, 5.41) is 3.05. The van der Waals surface area contributed by atoms with Gasteiger partial charge in [0.2, 0.25) is 0 Å². The molecule has 1 aromatic carbocycles. The highest BCUT2D eigenvalue weighted by molar-refractivity contribution is 5.25. The van der Waals surface area contributed by atoms with E-state index in [1.165, 1.54) is 0 Å². The third-order valence-corrected chi connectivity index (χ3v) is 2.78. The minimum absolute atomic E-state index is 0.109. The Morgan fingerprint density at radius 1 is 1.13 bits per heavy atom. The number of benzene rings is 1. The molecule has 0 unspecified atom stereocenters. The summed E-state index contributed by atoms with van der Waals surface area (Å²) in [5.74, 6) is -2.92. The molecule has 0 aliphatic carbocycles. The molecular formula is C11H12F3N. The first-order valence-corrected chi connectivity index (χ1v) is 5.04. The first kappa shape index (κ1) is 10.5. The maximum absolute atomic E-state index is 13.4. The molecule has 1 saturated heterocycles. The Balaban J connectivity index is 2.36. The second-order valence-electron chi connectivity index (χ2n) is 3.80. The van der Waals surface area contributed by atoms with Crippen LogP contribution in [0.15, 0.2) is 12.1 Å². The molecule has 1 fully saturated rings. The van der Waals surface area contributed by atoms with Gasteiger partial charge in [0, 0.05) is 18.0 Å².